The Morgan fingerprint density at radius 2 is 1.28 bits per heavy atom. The predicted molar refractivity (Wildman–Crippen MR) is 96.6 cm³/mol. The van der Waals surface area contributed by atoms with Gasteiger partial charge in [0.15, 0.2) is 0 Å². The Kier molecular flexibility index (Phi) is 6.72. The molecule has 2 aromatic rings. The lowest BCUT2D eigenvalue weighted by Gasteiger charge is -2.06. The number of benzene rings is 2. The number of hydrogen-bond donors (Lipinski definition) is 0. The van der Waals surface area contributed by atoms with E-state index < -0.39 is 5.97 Å². The van der Waals surface area contributed by atoms with Gasteiger partial charge in [0.1, 0.15) is 11.5 Å². The fourth-order valence-corrected chi connectivity index (χ4v) is 2.18. The zero-order valence-electron chi connectivity index (χ0n) is 14.1. The average molecular weight is 336 g/mol. The van der Waals surface area contributed by atoms with Gasteiger partial charge in [-0.15, -0.1) is 0 Å². The van der Waals surface area contributed by atoms with Gasteiger partial charge in [-0.25, -0.2) is 9.59 Å². The van der Waals surface area contributed by atoms with Crippen molar-refractivity contribution in [2.75, 3.05) is 0 Å². The molecule has 0 spiro atoms. The maximum absolute atomic E-state index is 11.4. The van der Waals surface area contributed by atoms with Crippen molar-refractivity contribution in [2.24, 2.45) is 0 Å². The Hall–Kier alpha value is -3.14. The van der Waals surface area contributed by atoms with Crippen LogP contribution in [0.25, 0.3) is 0 Å². The highest BCUT2D eigenvalue weighted by Crippen LogP contribution is 2.17. The monoisotopic (exact) mass is 336 g/mol. The van der Waals surface area contributed by atoms with Crippen molar-refractivity contribution in [2.45, 2.75) is 19.8 Å². The molecule has 0 saturated carbocycles. The molecule has 128 valence electrons. The highest BCUT2D eigenvalue weighted by molar-refractivity contribution is 5.84. The molecule has 0 aliphatic rings. The molecule has 2 aromatic carbocycles. The maximum atomic E-state index is 11.4. The van der Waals surface area contributed by atoms with Crippen molar-refractivity contribution in [1.82, 2.24) is 0 Å². The SMILES string of the molecule is C=CC(=O)Oc1ccc(CCc2ccc(OC(=O)C=CC)cc2)cc1. The summed E-state index contributed by atoms with van der Waals surface area (Å²) in [6.45, 7) is 5.13. The second-order valence-corrected chi connectivity index (χ2v) is 5.33. The van der Waals surface area contributed by atoms with Gasteiger partial charge in [0.05, 0.1) is 0 Å². The first-order valence-electron chi connectivity index (χ1n) is 7.97. The van der Waals surface area contributed by atoms with Gasteiger partial charge in [0, 0.05) is 12.2 Å². The van der Waals surface area contributed by atoms with Crippen molar-refractivity contribution in [1.29, 1.82) is 0 Å². The molecule has 0 saturated heterocycles. The van der Waals surface area contributed by atoms with Gasteiger partial charge in [-0.2, -0.15) is 0 Å². The lowest BCUT2D eigenvalue weighted by atomic mass is 10.0. The number of esters is 2. The summed E-state index contributed by atoms with van der Waals surface area (Å²) in [4.78, 5) is 22.5. The molecule has 0 bridgehead atoms. The molecule has 0 fully saturated rings. The van der Waals surface area contributed by atoms with Crippen molar-refractivity contribution < 1.29 is 19.1 Å². The lowest BCUT2D eigenvalue weighted by Crippen LogP contribution is -2.03. The van der Waals surface area contributed by atoms with Crippen LogP contribution in [-0.2, 0) is 22.4 Å². The third kappa shape index (κ3) is 6.11. The summed E-state index contributed by atoms with van der Waals surface area (Å²) in [6, 6.07) is 14.8. The second kappa shape index (κ2) is 9.23. The number of ether oxygens (including phenoxy) is 2. The summed E-state index contributed by atoms with van der Waals surface area (Å²) in [5, 5.41) is 0. The van der Waals surface area contributed by atoms with E-state index >= 15 is 0 Å². The number of carbonyl (C=O) groups excluding carboxylic acids is 2. The summed E-state index contributed by atoms with van der Waals surface area (Å²) in [7, 11) is 0. The molecular formula is C21H20O4. The Labute approximate surface area is 147 Å². The molecule has 0 aliphatic heterocycles. The Balaban J connectivity index is 1.87. The molecule has 2 rings (SSSR count). The summed E-state index contributed by atoms with van der Waals surface area (Å²) >= 11 is 0. The van der Waals surface area contributed by atoms with Crippen molar-refractivity contribution in [3.05, 3.63) is 84.5 Å². The Bertz CT molecular complexity index is 755. The first-order valence-corrected chi connectivity index (χ1v) is 7.97. The van der Waals surface area contributed by atoms with Crippen LogP contribution in [0, 0.1) is 0 Å². The van der Waals surface area contributed by atoms with Crippen LogP contribution in [0.2, 0.25) is 0 Å². The smallest absolute Gasteiger partial charge is 0.335 e. The Morgan fingerprint density at radius 1 is 0.840 bits per heavy atom. The van der Waals surface area contributed by atoms with Gasteiger partial charge in [0.25, 0.3) is 0 Å². The number of allylic oxidation sites excluding steroid dienone is 1. The normalized spacial score (nSPS) is 10.4. The average Bonchev–Trinajstić information content (AvgIpc) is 2.62. The highest BCUT2D eigenvalue weighted by atomic mass is 16.5. The third-order valence-corrected chi connectivity index (χ3v) is 3.46. The van der Waals surface area contributed by atoms with Crippen molar-refractivity contribution in [3.63, 3.8) is 0 Å². The minimum absolute atomic E-state index is 0.382. The molecule has 0 N–H and O–H groups in total. The van der Waals surface area contributed by atoms with E-state index in [1.807, 2.05) is 24.3 Å². The first-order chi connectivity index (χ1) is 12.1. The van der Waals surface area contributed by atoms with Crippen molar-refractivity contribution >= 4 is 11.9 Å². The molecule has 0 aromatic heterocycles. The van der Waals surface area contributed by atoms with Gasteiger partial charge in [-0.3, -0.25) is 0 Å². The van der Waals surface area contributed by atoms with Crippen LogP contribution >= 0.6 is 0 Å². The predicted octanol–water partition coefficient (Wildman–Crippen LogP) is 4.04. The van der Waals surface area contributed by atoms with E-state index in [0.29, 0.717) is 11.5 Å². The molecule has 0 heterocycles. The standard InChI is InChI=1S/C21H20O4/c1-3-5-21(23)25-19-14-10-17(11-15-19)7-6-16-8-12-18(13-9-16)24-20(22)4-2/h3-5,8-15H,2,6-7H2,1H3. The molecule has 0 amide bonds. The fourth-order valence-electron chi connectivity index (χ4n) is 2.18. The summed E-state index contributed by atoms with van der Waals surface area (Å²) in [6.07, 6.45) is 5.86. The molecule has 0 atom stereocenters. The molecule has 0 unspecified atom stereocenters. The molecule has 0 radical (unpaired) electrons. The molecule has 0 aliphatic carbocycles. The van der Waals surface area contributed by atoms with Crippen molar-refractivity contribution in [3.8, 4) is 11.5 Å². The van der Waals surface area contributed by atoms with E-state index in [2.05, 4.69) is 6.58 Å². The third-order valence-electron chi connectivity index (χ3n) is 3.46. The lowest BCUT2D eigenvalue weighted by molar-refractivity contribution is -0.129. The van der Waals surface area contributed by atoms with Crippen LogP contribution in [0.4, 0.5) is 0 Å². The maximum Gasteiger partial charge on any atom is 0.335 e. The Morgan fingerprint density at radius 3 is 1.68 bits per heavy atom. The largest absolute Gasteiger partial charge is 0.423 e. The van der Waals surface area contributed by atoms with Crippen LogP contribution in [0.5, 0.6) is 11.5 Å². The van der Waals surface area contributed by atoms with E-state index in [-0.39, 0.29) is 5.97 Å². The zero-order chi connectivity index (χ0) is 18.1. The van der Waals surface area contributed by atoms with Crippen LogP contribution in [0.3, 0.4) is 0 Å². The first kappa shape index (κ1) is 18.2. The van der Waals surface area contributed by atoms with E-state index in [1.165, 1.54) is 6.08 Å². The zero-order valence-corrected chi connectivity index (χ0v) is 14.1. The molecule has 4 nitrogen and oxygen atoms in total. The second-order valence-electron chi connectivity index (χ2n) is 5.33. The van der Waals surface area contributed by atoms with Gasteiger partial charge < -0.3 is 9.47 Å². The molecule has 4 heteroatoms. The van der Waals surface area contributed by atoms with Gasteiger partial charge in [-0.05, 0) is 55.2 Å². The number of hydrogen-bond acceptors (Lipinski definition) is 4. The molecular weight excluding hydrogens is 316 g/mol. The summed E-state index contributed by atoms with van der Waals surface area (Å²) in [5.41, 5.74) is 2.29. The summed E-state index contributed by atoms with van der Waals surface area (Å²) < 4.78 is 10.2. The number of aryl methyl sites for hydroxylation is 2. The van der Waals surface area contributed by atoms with E-state index in [0.717, 1.165) is 30.0 Å². The van der Waals surface area contributed by atoms with Crippen LogP contribution < -0.4 is 9.47 Å². The number of carbonyl (C=O) groups is 2. The fraction of sp³-hybridized carbons (Fsp3) is 0.143. The minimum atomic E-state index is -0.469. The van der Waals surface area contributed by atoms with E-state index in [9.17, 15) is 9.59 Å². The van der Waals surface area contributed by atoms with Gasteiger partial charge >= 0.3 is 11.9 Å². The van der Waals surface area contributed by atoms with E-state index in [1.54, 1.807) is 37.3 Å². The van der Waals surface area contributed by atoms with Gasteiger partial charge in [0.2, 0.25) is 0 Å². The summed E-state index contributed by atoms with van der Waals surface area (Å²) in [5.74, 6) is 0.177. The number of rotatable bonds is 7. The van der Waals surface area contributed by atoms with Crippen LogP contribution in [-0.4, -0.2) is 11.9 Å². The molecule has 25 heavy (non-hydrogen) atoms. The minimum Gasteiger partial charge on any atom is -0.423 e. The van der Waals surface area contributed by atoms with E-state index in [4.69, 9.17) is 9.47 Å². The quantitative estimate of drug-likeness (QED) is 0.435. The van der Waals surface area contributed by atoms with Crippen LogP contribution in [0.1, 0.15) is 18.1 Å². The van der Waals surface area contributed by atoms with Crippen LogP contribution in [0.15, 0.2) is 73.3 Å². The van der Waals surface area contributed by atoms with Gasteiger partial charge in [-0.1, -0.05) is 36.9 Å². The highest BCUT2D eigenvalue weighted by Gasteiger charge is 2.02. The topological polar surface area (TPSA) is 52.6 Å².